The largest absolute Gasteiger partial charge is 0.476 e. The summed E-state index contributed by atoms with van der Waals surface area (Å²) in [5.41, 5.74) is 3.50. The van der Waals surface area contributed by atoms with E-state index in [9.17, 15) is 14.4 Å². The summed E-state index contributed by atoms with van der Waals surface area (Å²) in [6.07, 6.45) is 0. The third-order valence-electron chi connectivity index (χ3n) is 5.47. The molecule has 172 valence electrons. The number of hydrogen-bond acceptors (Lipinski definition) is 5. The summed E-state index contributed by atoms with van der Waals surface area (Å²) in [5.74, 6) is -0.448. The minimum atomic E-state index is -0.484. The Bertz CT molecular complexity index is 1470. The van der Waals surface area contributed by atoms with Crippen molar-refractivity contribution in [3.63, 3.8) is 0 Å². The number of ketones is 1. The first-order valence-corrected chi connectivity index (χ1v) is 11.0. The first-order chi connectivity index (χ1) is 16.2. The molecule has 34 heavy (non-hydrogen) atoms. The Labute approximate surface area is 201 Å². The number of rotatable bonds is 6. The van der Waals surface area contributed by atoms with Gasteiger partial charge in [-0.1, -0.05) is 23.7 Å². The zero-order chi connectivity index (χ0) is 24.4. The molecule has 0 radical (unpaired) electrons. The molecule has 0 aliphatic carbocycles. The van der Waals surface area contributed by atoms with Gasteiger partial charge in [0.25, 0.3) is 5.91 Å². The zero-order valence-corrected chi connectivity index (χ0v) is 19.7. The van der Waals surface area contributed by atoms with Crippen LogP contribution in [0.5, 0.6) is 5.75 Å². The number of ether oxygens (including phenoxy) is 1. The number of aryl methyl sites for hydroxylation is 2. The van der Waals surface area contributed by atoms with E-state index < -0.39 is 12.5 Å². The number of nitrogens with one attached hydrogen (secondary N) is 1. The van der Waals surface area contributed by atoms with E-state index in [1.54, 1.807) is 54.6 Å². The Morgan fingerprint density at radius 2 is 1.71 bits per heavy atom. The van der Waals surface area contributed by atoms with E-state index in [-0.39, 0.29) is 22.7 Å². The van der Waals surface area contributed by atoms with Crippen LogP contribution in [-0.4, -0.2) is 18.3 Å². The second-order valence-electron chi connectivity index (χ2n) is 8.00. The van der Waals surface area contributed by atoms with Crippen molar-refractivity contribution in [2.24, 2.45) is 0 Å². The highest BCUT2D eigenvalue weighted by molar-refractivity contribution is 6.30. The maximum atomic E-state index is 13.4. The maximum absolute atomic E-state index is 13.4. The normalized spacial score (nSPS) is 10.8. The molecule has 0 saturated carbocycles. The maximum Gasteiger partial charge on any atom is 0.262 e. The fourth-order valence-electron chi connectivity index (χ4n) is 3.51. The number of hydrogen-bond donors (Lipinski definition) is 1. The van der Waals surface area contributed by atoms with Crippen LogP contribution in [0.2, 0.25) is 5.02 Å². The van der Waals surface area contributed by atoms with Gasteiger partial charge in [0, 0.05) is 21.8 Å². The lowest BCUT2D eigenvalue weighted by Crippen LogP contribution is -2.22. The van der Waals surface area contributed by atoms with Gasteiger partial charge in [-0.25, -0.2) is 0 Å². The molecule has 3 aromatic carbocycles. The zero-order valence-electron chi connectivity index (χ0n) is 18.9. The lowest BCUT2D eigenvalue weighted by atomic mass is 10.0. The SMILES string of the molecule is CC(=O)c1cccc(NC(=O)COc2c(-c3ccc(Cl)cc3)oc3cc(C)c(C)cc3c2=O)c1. The third-order valence-corrected chi connectivity index (χ3v) is 5.72. The molecule has 4 rings (SSSR count). The van der Waals surface area contributed by atoms with Gasteiger partial charge < -0.3 is 14.5 Å². The van der Waals surface area contributed by atoms with Crippen molar-refractivity contribution in [1.82, 2.24) is 0 Å². The van der Waals surface area contributed by atoms with Crippen LogP contribution in [0.25, 0.3) is 22.3 Å². The average Bonchev–Trinajstić information content (AvgIpc) is 2.80. The summed E-state index contributed by atoms with van der Waals surface area (Å²) in [4.78, 5) is 37.5. The van der Waals surface area contributed by atoms with Crippen LogP contribution in [0, 0.1) is 13.8 Å². The molecular weight excluding hydrogens is 454 g/mol. The Kier molecular flexibility index (Phi) is 6.52. The lowest BCUT2D eigenvalue weighted by molar-refractivity contribution is -0.118. The van der Waals surface area contributed by atoms with Crippen LogP contribution < -0.4 is 15.5 Å². The minimum absolute atomic E-state index is 0.0642. The summed E-state index contributed by atoms with van der Waals surface area (Å²) in [5, 5.41) is 3.58. The summed E-state index contributed by atoms with van der Waals surface area (Å²) in [7, 11) is 0. The number of carbonyl (C=O) groups is 2. The van der Waals surface area contributed by atoms with Crippen molar-refractivity contribution in [1.29, 1.82) is 0 Å². The van der Waals surface area contributed by atoms with Crippen molar-refractivity contribution < 1.29 is 18.7 Å². The monoisotopic (exact) mass is 475 g/mol. The smallest absolute Gasteiger partial charge is 0.262 e. The molecule has 0 aliphatic heterocycles. The standard InChI is InChI=1S/C27H22ClNO5/c1-15-11-22-23(12-16(15)2)34-26(18-7-9-20(28)10-8-18)27(25(22)32)33-14-24(31)29-21-6-4-5-19(13-21)17(3)30/h4-13H,14H2,1-3H3,(H,29,31). The highest BCUT2D eigenvalue weighted by Crippen LogP contribution is 2.32. The van der Waals surface area contributed by atoms with Gasteiger partial charge in [0.15, 0.2) is 18.2 Å². The van der Waals surface area contributed by atoms with Gasteiger partial charge in [-0.05, 0) is 80.4 Å². The van der Waals surface area contributed by atoms with Crippen LogP contribution in [0.4, 0.5) is 5.69 Å². The number of anilines is 1. The summed E-state index contributed by atoms with van der Waals surface area (Å²) in [6.45, 7) is 4.87. The lowest BCUT2D eigenvalue weighted by Gasteiger charge is -2.13. The van der Waals surface area contributed by atoms with Crippen LogP contribution in [0.15, 0.2) is 69.9 Å². The van der Waals surface area contributed by atoms with Crippen molar-refractivity contribution in [2.45, 2.75) is 20.8 Å². The molecule has 1 amide bonds. The van der Waals surface area contributed by atoms with Gasteiger partial charge in [-0.2, -0.15) is 0 Å². The second-order valence-corrected chi connectivity index (χ2v) is 8.44. The van der Waals surface area contributed by atoms with Crippen LogP contribution in [0.1, 0.15) is 28.4 Å². The van der Waals surface area contributed by atoms with Crippen molar-refractivity contribution in [3.8, 4) is 17.1 Å². The van der Waals surface area contributed by atoms with E-state index in [1.165, 1.54) is 6.92 Å². The average molecular weight is 476 g/mol. The Hall–Kier alpha value is -3.90. The third kappa shape index (κ3) is 4.87. The van der Waals surface area contributed by atoms with Gasteiger partial charge >= 0.3 is 0 Å². The summed E-state index contributed by atoms with van der Waals surface area (Å²) >= 11 is 6.02. The number of amides is 1. The van der Waals surface area contributed by atoms with E-state index >= 15 is 0 Å². The molecule has 0 spiro atoms. The van der Waals surface area contributed by atoms with Gasteiger partial charge in [0.05, 0.1) is 5.39 Å². The summed E-state index contributed by atoms with van der Waals surface area (Å²) in [6, 6.07) is 16.9. The first-order valence-electron chi connectivity index (χ1n) is 10.6. The molecule has 7 heteroatoms. The molecular formula is C27H22ClNO5. The number of Topliss-reactive ketones (excluding diaryl/α,β-unsaturated/α-hetero) is 1. The molecule has 1 aromatic heterocycles. The molecule has 0 bridgehead atoms. The van der Waals surface area contributed by atoms with Crippen LogP contribution in [0.3, 0.4) is 0 Å². The Morgan fingerprint density at radius 3 is 2.41 bits per heavy atom. The predicted molar refractivity (Wildman–Crippen MR) is 133 cm³/mol. The van der Waals surface area contributed by atoms with Crippen molar-refractivity contribution in [3.05, 3.63) is 92.6 Å². The highest BCUT2D eigenvalue weighted by atomic mass is 35.5. The molecule has 0 fully saturated rings. The molecule has 0 unspecified atom stereocenters. The number of benzene rings is 3. The van der Waals surface area contributed by atoms with Crippen molar-refractivity contribution in [2.75, 3.05) is 11.9 Å². The Morgan fingerprint density at radius 1 is 1.00 bits per heavy atom. The van der Waals surface area contributed by atoms with E-state index in [2.05, 4.69) is 5.32 Å². The molecule has 1 N–H and O–H groups in total. The van der Waals surface area contributed by atoms with E-state index in [0.29, 0.717) is 32.8 Å². The molecule has 4 aromatic rings. The molecule has 6 nitrogen and oxygen atoms in total. The van der Waals surface area contributed by atoms with Gasteiger partial charge in [-0.15, -0.1) is 0 Å². The summed E-state index contributed by atoms with van der Waals surface area (Å²) < 4.78 is 11.8. The molecule has 1 heterocycles. The highest BCUT2D eigenvalue weighted by Gasteiger charge is 2.20. The van der Waals surface area contributed by atoms with Gasteiger partial charge in [-0.3, -0.25) is 14.4 Å². The quantitative estimate of drug-likeness (QED) is 0.348. The van der Waals surface area contributed by atoms with E-state index in [0.717, 1.165) is 11.1 Å². The Balaban J connectivity index is 1.69. The topological polar surface area (TPSA) is 85.6 Å². The van der Waals surface area contributed by atoms with Gasteiger partial charge in [0.1, 0.15) is 5.58 Å². The first kappa shape index (κ1) is 23.3. The predicted octanol–water partition coefficient (Wildman–Crippen LogP) is 5.95. The fraction of sp³-hybridized carbons (Fsp3) is 0.148. The molecule has 0 saturated heterocycles. The number of carbonyl (C=O) groups excluding carboxylic acids is 2. The van der Waals surface area contributed by atoms with E-state index in [4.69, 9.17) is 20.8 Å². The molecule has 0 atom stereocenters. The minimum Gasteiger partial charge on any atom is -0.476 e. The van der Waals surface area contributed by atoms with Crippen LogP contribution in [-0.2, 0) is 4.79 Å². The number of halogens is 1. The van der Waals surface area contributed by atoms with Crippen LogP contribution >= 0.6 is 11.6 Å². The van der Waals surface area contributed by atoms with Gasteiger partial charge in [0.2, 0.25) is 11.2 Å². The molecule has 0 aliphatic rings. The second kappa shape index (κ2) is 9.53. The van der Waals surface area contributed by atoms with E-state index in [1.807, 2.05) is 19.9 Å². The fourth-order valence-corrected chi connectivity index (χ4v) is 3.63. The number of fused-ring (bicyclic) bond motifs is 1. The van der Waals surface area contributed by atoms with Crippen molar-refractivity contribution >= 4 is 39.9 Å².